The van der Waals surface area contributed by atoms with Crippen molar-refractivity contribution in [2.24, 2.45) is 0 Å². The maximum absolute atomic E-state index is 13.5. The number of ether oxygens (including phenoxy) is 2. The summed E-state index contributed by atoms with van der Waals surface area (Å²) in [7, 11) is 3.66. The van der Waals surface area contributed by atoms with Crippen LogP contribution < -0.4 is 0 Å². The van der Waals surface area contributed by atoms with Gasteiger partial charge in [0.05, 0.1) is 35.0 Å². The van der Waals surface area contributed by atoms with Crippen LogP contribution in [0.1, 0.15) is 88.3 Å². The van der Waals surface area contributed by atoms with Gasteiger partial charge in [0, 0.05) is 35.6 Å². The van der Waals surface area contributed by atoms with Gasteiger partial charge in [-0.15, -0.1) is 0 Å². The fraction of sp³-hybridized carbons (Fsp3) is 0.500. The van der Waals surface area contributed by atoms with Crippen LogP contribution in [0.3, 0.4) is 0 Å². The van der Waals surface area contributed by atoms with Crippen molar-refractivity contribution in [3.05, 3.63) is 57.6 Å². The molecule has 0 bridgehead atoms. The SMILES string of the molecule is CCC1(O)CC(OC2CC(N(C)C)C(O)C(C)O2)c2c(cc3c(c2O)C(=O)c2c(O)cccc2C3=O)C1O. The van der Waals surface area contributed by atoms with Gasteiger partial charge in [-0.25, -0.2) is 0 Å². The molecule has 1 fully saturated rings. The summed E-state index contributed by atoms with van der Waals surface area (Å²) in [6.07, 6.45) is -4.28. The number of ketones is 2. The Labute approximate surface area is 220 Å². The number of phenolic OH excluding ortho intramolecular Hbond substituents is 2. The molecular formula is C28H33NO9. The van der Waals surface area contributed by atoms with Gasteiger partial charge >= 0.3 is 0 Å². The van der Waals surface area contributed by atoms with E-state index in [1.165, 1.54) is 24.3 Å². The van der Waals surface area contributed by atoms with Crippen LogP contribution in [0, 0.1) is 0 Å². The van der Waals surface area contributed by atoms with Crippen molar-refractivity contribution < 1.29 is 44.6 Å². The third-order valence-electron chi connectivity index (χ3n) is 8.29. The summed E-state index contributed by atoms with van der Waals surface area (Å²) in [6.45, 7) is 3.43. The third-order valence-corrected chi connectivity index (χ3v) is 8.29. The Morgan fingerprint density at radius 1 is 1.11 bits per heavy atom. The van der Waals surface area contributed by atoms with E-state index in [0.29, 0.717) is 6.42 Å². The van der Waals surface area contributed by atoms with Crippen molar-refractivity contribution in [1.29, 1.82) is 0 Å². The Morgan fingerprint density at radius 3 is 2.47 bits per heavy atom. The van der Waals surface area contributed by atoms with E-state index in [4.69, 9.17) is 9.47 Å². The van der Waals surface area contributed by atoms with Crippen LogP contribution in [0.25, 0.3) is 0 Å². The van der Waals surface area contributed by atoms with Crippen molar-refractivity contribution >= 4 is 11.6 Å². The molecule has 1 saturated heterocycles. The Hall–Kier alpha value is -2.86. The van der Waals surface area contributed by atoms with Gasteiger partial charge in [0.1, 0.15) is 17.6 Å². The highest BCUT2D eigenvalue weighted by molar-refractivity contribution is 6.30. The first-order chi connectivity index (χ1) is 17.9. The summed E-state index contributed by atoms with van der Waals surface area (Å²) in [5, 5.41) is 54.9. The molecule has 10 heteroatoms. The van der Waals surface area contributed by atoms with Crippen molar-refractivity contribution in [3.63, 3.8) is 0 Å². The third kappa shape index (κ3) is 3.95. The number of aliphatic hydroxyl groups is 3. The van der Waals surface area contributed by atoms with E-state index in [0.717, 1.165) is 0 Å². The number of benzene rings is 2. The van der Waals surface area contributed by atoms with Gasteiger partial charge < -0.3 is 39.9 Å². The lowest BCUT2D eigenvalue weighted by atomic mass is 9.71. The molecule has 0 amide bonds. The first kappa shape index (κ1) is 26.7. The molecule has 0 radical (unpaired) electrons. The zero-order chi connectivity index (χ0) is 27.7. The van der Waals surface area contributed by atoms with Gasteiger partial charge in [-0.3, -0.25) is 9.59 Å². The topological polar surface area (TPSA) is 157 Å². The molecule has 2 aromatic rings. The highest BCUT2D eigenvalue weighted by atomic mass is 16.7. The molecule has 38 heavy (non-hydrogen) atoms. The van der Waals surface area contributed by atoms with E-state index in [1.54, 1.807) is 13.8 Å². The number of phenols is 2. The van der Waals surface area contributed by atoms with E-state index < -0.39 is 53.6 Å². The van der Waals surface area contributed by atoms with E-state index in [9.17, 15) is 35.1 Å². The van der Waals surface area contributed by atoms with Crippen LogP contribution >= 0.6 is 0 Å². The van der Waals surface area contributed by atoms with E-state index in [-0.39, 0.29) is 58.0 Å². The minimum absolute atomic E-state index is 0.0106. The number of likely N-dealkylation sites (N-methyl/N-ethyl adjacent to an activating group) is 1. The van der Waals surface area contributed by atoms with Crippen LogP contribution in [0.2, 0.25) is 0 Å². The molecule has 7 unspecified atom stereocenters. The lowest BCUT2D eigenvalue weighted by molar-refractivity contribution is -0.261. The smallest absolute Gasteiger partial charge is 0.201 e. The average Bonchev–Trinajstić information content (AvgIpc) is 2.86. The maximum atomic E-state index is 13.5. The van der Waals surface area contributed by atoms with Crippen molar-refractivity contribution in [1.82, 2.24) is 4.90 Å². The largest absolute Gasteiger partial charge is 0.507 e. The Bertz CT molecular complexity index is 1310. The van der Waals surface area contributed by atoms with Gasteiger partial charge in [0.25, 0.3) is 0 Å². The zero-order valence-electron chi connectivity index (χ0n) is 21.7. The summed E-state index contributed by atoms with van der Waals surface area (Å²) in [6, 6.07) is 5.20. The highest BCUT2D eigenvalue weighted by Crippen LogP contribution is 2.52. The first-order valence-electron chi connectivity index (χ1n) is 12.8. The monoisotopic (exact) mass is 527 g/mol. The Balaban J connectivity index is 1.63. The molecule has 5 N–H and O–H groups in total. The second kappa shape index (κ2) is 9.41. The van der Waals surface area contributed by atoms with Gasteiger partial charge in [0.15, 0.2) is 12.1 Å². The molecule has 1 aliphatic heterocycles. The maximum Gasteiger partial charge on any atom is 0.201 e. The quantitative estimate of drug-likeness (QED) is 0.340. The zero-order valence-corrected chi connectivity index (χ0v) is 21.7. The molecule has 3 aliphatic rings. The molecule has 7 atom stereocenters. The number of nitrogens with zero attached hydrogens (tertiary/aromatic N) is 1. The van der Waals surface area contributed by atoms with E-state index in [2.05, 4.69) is 0 Å². The van der Waals surface area contributed by atoms with Crippen LogP contribution in [0.4, 0.5) is 0 Å². The number of aromatic hydroxyl groups is 2. The number of carbonyl (C=O) groups excluding carboxylic acids is 2. The summed E-state index contributed by atoms with van der Waals surface area (Å²) >= 11 is 0. The van der Waals surface area contributed by atoms with Crippen LogP contribution in [0.5, 0.6) is 11.5 Å². The molecule has 5 rings (SSSR count). The lowest BCUT2D eigenvalue weighted by Gasteiger charge is -2.45. The van der Waals surface area contributed by atoms with Crippen LogP contribution in [-0.4, -0.2) is 86.2 Å². The van der Waals surface area contributed by atoms with Gasteiger partial charge in [0.2, 0.25) is 5.78 Å². The fourth-order valence-electron chi connectivity index (χ4n) is 6.01. The Kier molecular flexibility index (Phi) is 6.62. The first-order valence-corrected chi connectivity index (χ1v) is 12.8. The molecule has 204 valence electrons. The summed E-state index contributed by atoms with van der Waals surface area (Å²) in [5.74, 6) is -2.24. The van der Waals surface area contributed by atoms with Crippen molar-refractivity contribution in [2.45, 2.75) is 75.5 Å². The average molecular weight is 528 g/mol. The molecule has 2 aromatic carbocycles. The number of hydrogen-bond acceptors (Lipinski definition) is 10. The van der Waals surface area contributed by atoms with Crippen molar-refractivity contribution in [3.8, 4) is 11.5 Å². The lowest BCUT2D eigenvalue weighted by Crippen LogP contribution is -2.54. The molecule has 2 aliphatic carbocycles. The molecule has 0 aromatic heterocycles. The van der Waals surface area contributed by atoms with Gasteiger partial charge in [-0.1, -0.05) is 19.1 Å². The van der Waals surface area contributed by atoms with Crippen LogP contribution in [-0.2, 0) is 9.47 Å². The van der Waals surface area contributed by atoms with Crippen molar-refractivity contribution in [2.75, 3.05) is 14.1 Å². The van der Waals surface area contributed by atoms with Crippen LogP contribution in [0.15, 0.2) is 24.3 Å². The predicted molar refractivity (Wildman–Crippen MR) is 134 cm³/mol. The molecule has 1 heterocycles. The second-order valence-electron chi connectivity index (χ2n) is 10.7. The minimum atomic E-state index is -1.64. The molecule has 0 saturated carbocycles. The predicted octanol–water partition coefficient (Wildman–Crippen LogP) is 1.94. The summed E-state index contributed by atoms with van der Waals surface area (Å²) in [5.41, 5.74) is -2.10. The number of hydrogen-bond donors (Lipinski definition) is 5. The van der Waals surface area contributed by atoms with E-state index >= 15 is 0 Å². The van der Waals surface area contributed by atoms with E-state index in [1.807, 2.05) is 19.0 Å². The number of rotatable bonds is 4. The minimum Gasteiger partial charge on any atom is -0.507 e. The van der Waals surface area contributed by atoms with Gasteiger partial charge in [-0.05, 0) is 45.1 Å². The molecule has 0 spiro atoms. The number of fused-ring (bicyclic) bond motifs is 3. The Morgan fingerprint density at radius 2 is 1.82 bits per heavy atom. The molecule has 10 nitrogen and oxygen atoms in total. The number of carbonyl (C=O) groups is 2. The number of aliphatic hydroxyl groups excluding tert-OH is 2. The van der Waals surface area contributed by atoms with Gasteiger partial charge in [-0.2, -0.15) is 0 Å². The highest BCUT2D eigenvalue weighted by Gasteiger charge is 2.49. The summed E-state index contributed by atoms with van der Waals surface area (Å²) < 4.78 is 12.2. The fourth-order valence-corrected chi connectivity index (χ4v) is 6.01. The standard InChI is InChI=1S/C28H33NO9/c1-5-28(36)11-18(38-19-10-16(29(3)4)23(31)12(2)37-19)21-15(27(28)35)9-14-22(26(21)34)25(33)20-13(24(14)32)7-6-8-17(20)30/h6-9,12,16,18-19,23,27,30-31,34-36H,5,10-11H2,1-4H3. The molecular weight excluding hydrogens is 494 g/mol. The summed E-state index contributed by atoms with van der Waals surface area (Å²) in [4.78, 5) is 28.7. The normalized spacial score (nSPS) is 32.6. The second-order valence-corrected chi connectivity index (χ2v) is 10.7.